The summed E-state index contributed by atoms with van der Waals surface area (Å²) < 4.78 is 0. The van der Waals surface area contributed by atoms with Crippen LogP contribution in [0.15, 0.2) is 65.7 Å². The van der Waals surface area contributed by atoms with Gasteiger partial charge in [-0.3, -0.25) is 9.79 Å². The van der Waals surface area contributed by atoms with Crippen molar-refractivity contribution in [3.8, 4) is 0 Å². The lowest BCUT2D eigenvalue weighted by Crippen LogP contribution is -2.44. The summed E-state index contributed by atoms with van der Waals surface area (Å²) in [7, 11) is 1.71. The Morgan fingerprint density at radius 1 is 1.00 bits per heavy atom. The molecule has 0 heterocycles. The second-order valence-corrected chi connectivity index (χ2v) is 6.34. The van der Waals surface area contributed by atoms with Crippen LogP contribution in [0.4, 0.5) is 5.69 Å². The van der Waals surface area contributed by atoms with Crippen LogP contribution in [0.5, 0.6) is 0 Å². The van der Waals surface area contributed by atoms with Gasteiger partial charge in [-0.25, -0.2) is 0 Å². The predicted molar refractivity (Wildman–Crippen MR) is 117 cm³/mol. The van der Waals surface area contributed by atoms with Gasteiger partial charge in [0.1, 0.15) is 0 Å². The Morgan fingerprint density at radius 2 is 1.62 bits per heavy atom. The molecule has 0 aromatic heterocycles. The molecule has 0 saturated heterocycles. The number of benzene rings is 2. The van der Waals surface area contributed by atoms with Crippen LogP contribution in [0.25, 0.3) is 0 Å². The maximum atomic E-state index is 12.0. The monoisotopic (exact) mass is 464 g/mol. The van der Waals surface area contributed by atoms with Gasteiger partial charge in [-0.1, -0.05) is 48.5 Å². The third-order valence-corrected chi connectivity index (χ3v) is 4.53. The molecule has 1 aliphatic rings. The number of anilines is 1. The highest BCUT2D eigenvalue weighted by Crippen LogP contribution is 2.47. The number of aliphatic imine (C=N–C) groups is 1. The van der Waals surface area contributed by atoms with E-state index in [4.69, 9.17) is 0 Å². The van der Waals surface area contributed by atoms with Crippen LogP contribution in [0, 0.1) is 0 Å². The lowest BCUT2D eigenvalue weighted by atomic mass is 9.96. The third kappa shape index (κ3) is 5.45. The van der Waals surface area contributed by atoms with Gasteiger partial charge in [0.25, 0.3) is 0 Å². The van der Waals surface area contributed by atoms with Gasteiger partial charge in [0, 0.05) is 24.7 Å². The number of hydrogen-bond donors (Lipinski definition) is 3. The number of nitrogens with one attached hydrogen (secondary N) is 3. The van der Waals surface area contributed by atoms with Crippen molar-refractivity contribution in [2.75, 3.05) is 25.5 Å². The third-order valence-electron chi connectivity index (χ3n) is 4.53. The van der Waals surface area contributed by atoms with E-state index in [1.54, 1.807) is 7.05 Å². The molecule has 1 saturated carbocycles. The van der Waals surface area contributed by atoms with Gasteiger partial charge in [-0.05, 0) is 30.5 Å². The van der Waals surface area contributed by atoms with Crippen molar-refractivity contribution >= 4 is 41.5 Å². The summed E-state index contributed by atoms with van der Waals surface area (Å²) in [6.45, 7) is 0.990. The minimum Gasteiger partial charge on any atom is -0.356 e. The molecular formula is C20H25IN4O. The van der Waals surface area contributed by atoms with Gasteiger partial charge in [-0.2, -0.15) is 0 Å². The summed E-state index contributed by atoms with van der Waals surface area (Å²) in [6, 6.07) is 20.0. The quantitative estimate of drug-likeness (QED) is 0.350. The Morgan fingerprint density at radius 3 is 2.19 bits per heavy atom. The molecule has 0 atom stereocenters. The summed E-state index contributed by atoms with van der Waals surface area (Å²) in [5.41, 5.74) is 2.35. The van der Waals surface area contributed by atoms with Gasteiger partial charge in [0.2, 0.25) is 5.91 Å². The number of rotatable bonds is 6. The molecule has 2 aromatic rings. The molecule has 1 fully saturated rings. The van der Waals surface area contributed by atoms with Crippen LogP contribution in [-0.2, 0) is 10.2 Å². The number of para-hydroxylation sites is 1. The molecule has 0 spiro atoms. The van der Waals surface area contributed by atoms with Crippen LogP contribution < -0.4 is 16.0 Å². The maximum Gasteiger partial charge on any atom is 0.243 e. The largest absolute Gasteiger partial charge is 0.356 e. The Bertz CT molecular complexity index is 730. The first-order valence-electron chi connectivity index (χ1n) is 8.57. The van der Waals surface area contributed by atoms with Crippen molar-refractivity contribution in [1.82, 2.24) is 10.6 Å². The zero-order valence-electron chi connectivity index (χ0n) is 14.9. The molecule has 0 unspecified atom stereocenters. The molecule has 1 amide bonds. The number of carbonyl (C=O) groups excluding carboxylic acids is 1. The summed E-state index contributed by atoms with van der Waals surface area (Å²) in [5, 5.41) is 9.26. The fourth-order valence-corrected chi connectivity index (χ4v) is 2.87. The van der Waals surface area contributed by atoms with E-state index in [1.807, 2.05) is 36.4 Å². The first-order chi connectivity index (χ1) is 12.2. The van der Waals surface area contributed by atoms with Gasteiger partial charge in [0.05, 0.1) is 6.54 Å². The van der Waals surface area contributed by atoms with Crippen molar-refractivity contribution in [2.24, 2.45) is 4.99 Å². The summed E-state index contributed by atoms with van der Waals surface area (Å²) in [4.78, 5) is 16.2. The smallest absolute Gasteiger partial charge is 0.243 e. The van der Waals surface area contributed by atoms with Crippen molar-refractivity contribution in [3.63, 3.8) is 0 Å². The van der Waals surface area contributed by atoms with Crippen LogP contribution in [-0.4, -0.2) is 32.0 Å². The predicted octanol–water partition coefficient (Wildman–Crippen LogP) is 3.14. The highest BCUT2D eigenvalue weighted by molar-refractivity contribution is 14.0. The molecule has 1 aliphatic carbocycles. The number of halogens is 1. The molecule has 0 bridgehead atoms. The van der Waals surface area contributed by atoms with Crippen LogP contribution in [0.1, 0.15) is 18.4 Å². The van der Waals surface area contributed by atoms with E-state index in [1.165, 1.54) is 18.4 Å². The summed E-state index contributed by atoms with van der Waals surface area (Å²) >= 11 is 0. The minimum atomic E-state index is -0.0988. The molecule has 3 rings (SSSR count). The fourth-order valence-electron chi connectivity index (χ4n) is 2.87. The lowest BCUT2D eigenvalue weighted by Gasteiger charge is -2.19. The Hall–Kier alpha value is -2.09. The topological polar surface area (TPSA) is 65.5 Å². The first-order valence-corrected chi connectivity index (χ1v) is 8.57. The second kappa shape index (κ2) is 9.56. The molecule has 0 aliphatic heterocycles. The molecule has 26 heavy (non-hydrogen) atoms. The average molecular weight is 464 g/mol. The number of hydrogen-bond acceptors (Lipinski definition) is 2. The Labute approximate surface area is 171 Å². The van der Waals surface area contributed by atoms with E-state index in [9.17, 15) is 4.79 Å². The van der Waals surface area contributed by atoms with E-state index >= 15 is 0 Å². The molecular weight excluding hydrogens is 439 g/mol. The lowest BCUT2D eigenvalue weighted by molar-refractivity contribution is -0.115. The number of amides is 1. The van der Waals surface area contributed by atoms with Gasteiger partial charge >= 0.3 is 0 Å². The molecule has 5 nitrogen and oxygen atoms in total. The van der Waals surface area contributed by atoms with E-state index in [0.717, 1.165) is 12.2 Å². The van der Waals surface area contributed by atoms with E-state index in [0.29, 0.717) is 5.96 Å². The number of nitrogens with zero attached hydrogens (tertiary/aromatic N) is 1. The SMILES string of the molecule is CN=C(NCC(=O)Nc1ccccc1)NCC1(c2ccccc2)CC1.I. The van der Waals surface area contributed by atoms with Gasteiger partial charge < -0.3 is 16.0 Å². The number of carbonyl (C=O) groups is 1. The molecule has 2 aromatic carbocycles. The molecule has 6 heteroatoms. The van der Waals surface area contributed by atoms with Crippen molar-refractivity contribution in [3.05, 3.63) is 66.2 Å². The second-order valence-electron chi connectivity index (χ2n) is 6.34. The maximum absolute atomic E-state index is 12.0. The normalized spacial score (nSPS) is 14.7. The van der Waals surface area contributed by atoms with Gasteiger partial charge in [0.15, 0.2) is 5.96 Å². The molecule has 0 radical (unpaired) electrons. The fraction of sp³-hybridized carbons (Fsp3) is 0.300. The highest BCUT2D eigenvalue weighted by Gasteiger charge is 2.43. The standard InChI is InChI=1S/C20H24N4O.HI/c1-21-19(22-14-18(25)24-17-10-6-3-7-11-17)23-15-20(12-13-20)16-8-4-2-5-9-16;/h2-11H,12-15H2,1H3,(H,24,25)(H2,21,22,23);1H. The van der Waals surface area contributed by atoms with Crippen molar-refractivity contribution in [2.45, 2.75) is 18.3 Å². The zero-order chi connectivity index (χ0) is 17.5. The van der Waals surface area contributed by atoms with E-state index in [-0.39, 0.29) is 41.8 Å². The Balaban J connectivity index is 0.00000243. The zero-order valence-corrected chi connectivity index (χ0v) is 17.2. The minimum absolute atomic E-state index is 0. The molecule has 138 valence electrons. The van der Waals surface area contributed by atoms with Crippen molar-refractivity contribution in [1.29, 1.82) is 0 Å². The molecule has 3 N–H and O–H groups in total. The number of guanidine groups is 1. The summed E-state index contributed by atoms with van der Waals surface area (Å²) in [6.07, 6.45) is 2.35. The van der Waals surface area contributed by atoms with Gasteiger partial charge in [-0.15, -0.1) is 24.0 Å². The van der Waals surface area contributed by atoms with Crippen molar-refractivity contribution < 1.29 is 4.79 Å². The van der Waals surface area contributed by atoms with E-state index in [2.05, 4.69) is 45.2 Å². The first kappa shape index (κ1) is 20.2. The Kier molecular flexibility index (Phi) is 7.44. The highest BCUT2D eigenvalue weighted by atomic mass is 127. The van der Waals surface area contributed by atoms with Crippen LogP contribution >= 0.6 is 24.0 Å². The average Bonchev–Trinajstić information content (AvgIpc) is 3.45. The summed E-state index contributed by atoms with van der Waals surface area (Å²) in [5.74, 6) is 0.545. The van der Waals surface area contributed by atoms with Crippen LogP contribution in [0.2, 0.25) is 0 Å². The van der Waals surface area contributed by atoms with E-state index < -0.39 is 0 Å². The van der Waals surface area contributed by atoms with Crippen LogP contribution in [0.3, 0.4) is 0 Å².